The molecule has 40 heavy (non-hydrogen) atoms. The van der Waals surface area contributed by atoms with Gasteiger partial charge in [-0.1, -0.05) is 144 Å². The minimum absolute atomic E-state index is 0. The Kier molecular flexibility index (Phi) is 21.5. The summed E-state index contributed by atoms with van der Waals surface area (Å²) in [4.78, 5) is 0. The summed E-state index contributed by atoms with van der Waals surface area (Å²) in [6, 6.07) is 44.2. The van der Waals surface area contributed by atoms with Crippen LogP contribution >= 0.6 is 15.8 Å². The monoisotopic (exact) mass is 597 g/mol. The van der Waals surface area contributed by atoms with Gasteiger partial charge in [-0.3, -0.25) is 0 Å². The molecule has 0 saturated carbocycles. The number of benzene rings is 4. The van der Waals surface area contributed by atoms with E-state index in [1.165, 1.54) is 59.5 Å². The molecular formula is C35H50ClNOP2. The molecule has 2 N–H and O–H groups in total. The topological polar surface area (TPSA) is 25.8 Å². The van der Waals surface area contributed by atoms with Gasteiger partial charge in [0.2, 0.25) is 0 Å². The molecule has 1 aliphatic rings. The van der Waals surface area contributed by atoms with Gasteiger partial charge in [-0.15, -0.1) is 0 Å². The molecule has 5 rings (SSSR count). The van der Waals surface area contributed by atoms with E-state index in [9.17, 15) is 0 Å². The zero-order chi connectivity index (χ0) is 24.7. The standard InChI is InChI=1S/C28H29NP2.C4H8O.3CH4.ClH/c1-5-13-25(14-6-1)30(26-15-7-2-8-16-26)23-21-29-22-24-31(27-17-9-3-10-18-27)28-19-11-4-12-20-28;1-2-4-5-3-1;;;;/h1-20,29H,21-24H2;1-4H2;3*1H4;1H. The zero-order valence-electron chi connectivity index (χ0n) is 21.5. The lowest BCUT2D eigenvalue weighted by molar-refractivity contribution is -0.646. The first-order valence-electron chi connectivity index (χ1n) is 13.1. The maximum Gasteiger partial charge on any atom is 0.0801 e. The highest BCUT2D eigenvalue weighted by Gasteiger charge is 2.16. The molecule has 4 aromatic rings. The van der Waals surface area contributed by atoms with Crippen LogP contribution in [0.1, 0.15) is 35.1 Å². The summed E-state index contributed by atoms with van der Waals surface area (Å²) < 4.78 is 4.94. The van der Waals surface area contributed by atoms with Crippen molar-refractivity contribution in [2.75, 3.05) is 38.6 Å². The van der Waals surface area contributed by atoms with E-state index in [-0.39, 0.29) is 50.5 Å². The van der Waals surface area contributed by atoms with E-state index < -0.39 is 0 Å². The van der Waals surface area contributed by atoms with Gasteiger partial charge in [0.05, 0.1) is 13.1 Å². The number of hydrogen-bond donors (Lipinski definition) is 1. The number of nitrogens with two attached hydrogens (primary N) is 1. The van der Waals surface area contributed by atoms with Gasteiger partial charge < -0.3 is 22.5 Å². The summed E-state index contributed by atoms with van der Waals surface area (Å²) in [5.41, 5.74) is 0. The highest BCUT2D eigenvalue weighted by molar-refractivity contribution is 7.73. The summed E-state index contributed by atoms with van der Waals surface area (Å²) in [5.74, 6) is 0. The van der Waals surface area contributed by atoms with Crippen molar-refractivity contribution in [3.8, 4) is 0 Å². The van der Waals surface area contributed by atoms with E-state index in [0.717, 1.165) is 13.2 Å². The molecule has 0 unspecified atom stereocenters. The molecule has 1 heterocycles. The Morgan fingerprint density at radius 2 is 0.750 bits per heavy atom. The van der Waals surface area contributed by atoms with Crippen LogP contribution in [0.4, 0.5) is 0 Å². The highest BCUT2D eigenvalue weighted by atomic mass is 35.5. The Morgan fingerprint density at radius 1 is 0.475 bits per heavy atom. The Labute approximate surface area is 253 Å². The predicted octanol–water partition coefficient (Wildman–Crippen LogP) is 3.52. The van der Waals surface area contributed by atoms with Gasteiger partial charge in [0.15, 0.2) is 0 Å². The number of ether oxygens (including phenoxy) is 1. The maximum atomic E-state index is 4.94. The second kappa shape index (κ2) is 22.6. The molecule has 5 heteroatoms. The SMILES string of the molecule is C.C.C.C1CCOC1.[Cl-].c1ccc(P(CC[NH2+]CCP(c2ccccc2)c2ccccc2)c2ccccc2)cc1. The normalized spacial score (nSPS) is 11.7. The van der Waals surface area contributed by atoms with Gasteiger partial charge in [0.1, 0.15) is 0 Å². The molecule has 1 saturated heterocycles. The smallest absolute Gasteiger partial charge is 0.0801 e. The lowest BCUT2D eigenvalue weighted by atomic mass is 10.4. The average Bonchev–Trinajstić information content (AvgIpc) is 3.55. The third-order valence-corrected chi connectivity index (χ3v) is 11.3. The summed E-state index contributed by atoms with van der Waals surface area (Å²) in [5, 5.41) is 8.45. The van der Waals surface area contributed by atoms with Crippen LogP contribution in [0, 0.1) is 0 Å². The fourth-order valence-corrected chi connectivity index (χ4v) is 8.98. The Bertz CT molecular complexity index is 926. The number of halogens is 1. The number of hydrogen-bond acceptors (Lipinski definition) is 1. The van der Waals surface area contributed by atoms with E-state index in [2.05, 4.69) is 127 Å². The van der Waals surface area contributed by atoms with Crippen molar-refractivity contribution in [1.29, 1.82) is 0 Å². The molecule has 0 amide bonds. The van der Waals surface area contributed by atoms with Gasteiger partial charge in [-0.2, -0.15) is 0 Å². The van der Waals surface area contributed by atoms with Crippen LogP contribution in [-0.4, -0.2) is 38.6 Å². The molecule has 1 aliphatic heterocycles. The third-order valence-electron chi connectivity index (χ3n) is 6.21. The van der Waals surface area contributed by atoms with E-state index in [1.54, 1.807) is 0 Å². The van der Waals surface area contributed by atoms with E-state index >= 15 is 0 Å². The molecule has 218 valence electrons. The van der Waals surface area contributed by atoms with Crippen molar-refractivity contribution in [2.45, 2.75) is 35.1 Å². The van der Waals surface area contributed by atoms with Crippen LogP contribution in [0.3, 0.4) is 0 Å². The Balaban J connectivity index is 0.00000153. The molecule has 0 aliphatic carbocycles. The molecule has 0 radical (unpaired) electrons. The van der Waals surface area contributed by atoms with Crippen molar-refractivity contribution in [2.24, 2.45) is 0 Å². The van der Waals surface area contributed by atoms with Gasteiger partial charge in [0, 0.05) is 25.5 Å². The van der Waals surface area contributed by atoms with E-state index in [0.29, 0.717) is 0 Å². The second-order valence-corrected chi connectivity index (χ2v) is 13.5. The van der Waals surface area contributed by atoms with Crippen LogP contribution in [0.15, 0.2) is 121 Å². The Morgan fingerprint density at radius 3 is 0.975 bits per heavy atom. The molecule has 0 spiro atoms. The first kappa shape index (κ1) is 38.0. The van der Waals surface area contributed by atoms with Gasteiger partial charge in [0.25, 0.3) is 0 Å². The van der Waals surface area contributed by atoms with Gasteiger partial charge in [-0.25, -0.2) is 0 Å². The van der Waals surface area contributed by atoms with Crippen molar-refractivity contribution < 1.29 is 22.5 Å². The van der Waals surface area contributed by atoms with Crippen LogP contribution < -0.4 is 38.9 Å². The van der Waals surface area contributed by atoms with Crippen LogP contribution in [0.2, 0.25) is 0 Å². The number of rotatable bonds is 10. The minimum Gasteiger partial charge on any atom is -1.00 e. The highest BCUT2D eigenvalue weighted by Crippen LogP contribution is 2.33. The van der Waals surface area contributed by atoms with Crippen molar-refractivity contribution in [3.05, 3.63) is 121 Å². The van der Waals surface area contributed by atoms with E-state index in [1.807, 2.05) is 0 Å². The first-order valence-corrected chi connectivity index (χ1v) is 16.1. The third kappa shape index (κ3) is 12.6. The quantitative estimate of drug-likeness (QED) is 0.220. The zero-order valence-corrected chi connectivity index (χ0v) is 24.0. The largest absolute Gasteiger partial charge is 1.00 e. The molecule has 0 atom stereocenters. The fraction of sp³-hybridized carbons (Fsp3) is 0.314. The summed E-state index contributed by atoms with van der Waals surface area (Å²) >= 11 is 0. The van der Waals surface area contributed by atoms with Crippen molar-refractivity contribution >= 4 is 37.1 Å². The Hall–Kier alpha value is -2.05. The summed E-state index contributed by atoms with van der Waals surface area (Å²) in [6.45, 7) is 4.34. The maximum absolute atomic E-state index is 4.94. The fourth-order valence-electron chi connectivity index (χ4n) is 4.34. The molecule has 1 fully saturated rings. The summed E-state index contributed by atoms with van der Waals surface area (Å²) in [6.07, 6.45) is 5.00. The van der Waals surface area contributed by atoms with Crippen LogP contribution in [-0.2, 0) is 4.74 Å². The lowest BCUT2D eigenvalue weighted by Crippen LogP contribution is -3.00. The number of quaternary nitrogens is 1. The molecule has 0 aromatic heterocycles. The van der Waals surface area contributed by atoms with Crippen LogP contribution in [0.5, 0.6) is 0 Å². The van der Waals surface area contributed by atoms with Gasteiger partial charge in [-0.05, 0) is 49.9 Å². The molecule has 2 nitrogen and oxygen atoms in total. The van der Waals surface area contributed by atoms with Crippen molar-refractivity contribution in [3.63, 3.8) is 0 Å². The lowest BCUT2D eigenvalue weighted by Gasteiger charge is -2.20. The summed E-state index contributed by atoms with van der Waals surface area (Å²) in [7, 11) is -0.593. The molecular weight excluding hydrogens is 548 g/mol. The van der Waals surface area contributed by atoms with Gasteiger partial charge >= 0.3 is 0 Å². The van der Waals surface area contributed by atoms with Crippen molar-refractivity contribution in [1.82, 2.24) is 0 Å². The van der Waals surface area contributed by atoms with E-state index in [4.69, 9.17) is 4.74 Å². The molecule has 4 aromatic carbocycles. The van der Waals surface area contributed by atoms with Crippen LogP contribution in [0.25, 0.3) is 0 Å². The predicted molar refractivity (Wildman–Crippen MR) is 180 cm³/mol. The second-order valence-electron chi connectivity index (χ2n) is 8.83. The first-order chi connectivity index (χ1) is 17.9. The average molecular weight is 598 g/mol. The molecule has 0 bridgehead atoms. The minimum atomic E-state index is -0.296.